The van der Waals surface area contributed by atoms with Crippen LogP contribution < -0.4 is 15.5 Å². The second-order valence-corrected chi connectivity index (χ2v) is 12.6. The van der Waals surface area contributed by atoms with Gasteiger partial charge in [-0.1, -0.05) is 66.2 Å². The van der Waals surface area contributed by atoms with Crippen molar-refractivity contribution in [2.45, 2.75) is 67.2 Å². The van der Waals surface area contributed by atoms with Gasteiger partial charge in [0, 0.05) is 34.3 Å². The van der Waals surface area contributed by atoms with E-state index in [0.29, 0.717) is 25.9 Å². The molecule has 222 valence electrons. The molecule has 0 radical (unpaired) electrons. The molecule has 0 saturated carbocycles. The third-order valence-corrected chi connectivity index (χ3v) is 9.40. The third-order valence-electron chi connectivity index (χ3n) is 8.02. The van der Waals surface area contributed by atoms with E-state index in [-0.39, 0.29) is 11.8 Å². The van der Waals surface area contributed by atoms with Gasteiger partial charge in [0.05, 0.1) is 11.4 Å². The van der Waals surface area contributed by atoms with Crippen molar-refractivity contribution in [3.8, 4) is 0 Å². The van der Waals surface area contributed by atoms with Crippen molar-refractivity contribution in [3.05, 3.63) is 83.4 Å². The van der Waals surface area contributed by atoms with Gasteiger partial charge in [-0.15, -0.1) is 0 Å². The molecular formula is C34H41ClN4O2S. The number of carbonyl (C=O) groups is 2. The van der Waals surface area contributed by atoms with Gasteiger partial charge in [-0.05, 0) is 100 Å². The number of amides is 2. The van der Waals surface area contributed by atoms with Gasteiger partial charge in [0.1, 0.15) is 6.04 Å². The Hall–Kier alpha value is -3.00. The van der Waals surface area contributed by atoms with Gasteiger partial charge in [-0.25, -0.2) is 0 Å². The van der Waals surface area contributed by atoms with Gasteiger partial charge in [-0.3, -0.25) is 9.59 Å². The monoisotopic (exact) mass is 604 g/mol. The van der Waals surface area contributed by atoms with Gasteiger partial charge >= 0.3 is 0 Å². The zero-order chi connectivity index (χ0) is 29.1. The lowest BCUT2D eigenvalue weighted by molar-refractivity contribution is -0.129. The molecule has 3 aromatic rings. The number of halogens is 1. The predicted molar refractivity (Wildman–Crippen MR) is 173 cm³/mol. The van der Waals surface area contributed by atoms with Gasteiger partial charge < -0.3 is 20.4 Å². The minimum Gasteiger partial charge on any atom is -0.354 e. The minimum absolute atomic E-state index is 0.0943. The van der Waals surface area contributed by atoms with E-state index in [0.717, 1.165) is 55.3 Å². The summed E-state index contributed by atoms with van der Waals surface area (Å²) in [6, 6.07) is 23.9. The molecular weight excluding hydrogens is 564 g/mol. The van der Waals surface area contributed by atoms with Crippen molar-refractivity contribution in [1.29, 1.82) is 0 Å². The molecule has 6 nitrogen and oxygen atoms in total. The van der Waals surface area contributed by atoms with E-state index < -0.39 is 6.04 Å². The summed E-state index contributed by atoms with van der Waals surface area (Å²) in [6.45, 7) is 4.34. The summed E-state index contributed by atoms with van der Waals surface area (Å²) in [5, 5.41) is 6.90. The van der Waals surface area contributed by atoms with E-state index in [1.807, 2.05) is 48.5 Å². The number of para-hydroxylation sites is 2. The molecule has 42 heavy (non-hydrogen) atoms. The molecule has 0 aromatic heterocycles. The Bertz CT molecular complexity index is 1280. The van der Waals surface area contributed by atoms with Crippen molar-refractivity contribution in [2.75, 3.05) is 37.6 Å². The average molecular weight is 605 g/mol. The van der Waals surface area contributed by atoms with Crippen LogP contribution in [-0.4, -0.2) is 55.5 Å². The van der Waals surface area contributed by atoms with Crippen LogP contribution in [0.4, 0.5) is 11.4 Å². The van der Waals surface area contributed by atoms with Crippen molar-refractivity contribution >= 4 is 46.6 Å². The van der Waals surface area contributed by atoms with Gasteiger partial charge in [0.15, 0.2) is 0 Å². The Kier molecular flexibility index (Phi) is 11.2. The van der Waals surface area contributed by atoms with Crippen molar-refractivity contribution in [1.82, 2.24) is 15.5 Å². The predicted octanol–water partition coefficient (Wildman–Crippen LogP) is 6.83. The maximum Gasteiger partial charge on any atom is 0.242 e. The fourth-order valence-electron chi connectivity index (χ4n) is 5.75. The van der Waals surface area contributed by atoms with Gasteiger partial charge in [-0.2, -0.15) is 0 Å². The van der Waals surface area contributed by atoms with E-state index in [9.17, 15) is 9.59 Å². The van der Waals surface area contributed by atoms with Crippen LogP contribution in [0.15, 0.2) is 82.6 Å². The number of nitrogens with zero attached hydrogens (tertiary/aromatic N) is 2. The number of hydrogen-bond acceptors (Lipinski definition) is 5. The second kappa shape index (κ2) is 15.5. The lowest BCUT2D eigenvalue weighted by atomic mass is 10.1. The number of aryl methyl sites for hydroxylation is 1. The number of rotatable bonds is 13. The summed E-state index contributed by atoms with van der Waals surface area (Å²) >= 11 is 7.75. The van der Waals surface area contributed by atoms with Crippen molar-refractivity contribution in [3.63, 3.8) is 0 Å². The fourth-order valence-corrected chi connectivity index (χ4v) is 6.97. The molecule has 0 spiro atoms. The molecule has 2 amide bonds. The molecule has 1 fully saturated rings. The summed E-state index contributed by atoms with van der Waals surface area (Å²) in [7, 11) is 0. The van der Waals surface area contributed by atoms with Crippen LogP contribution in [0, 0.1) is 0 Å². The van der Waals surface area contributed by atoms with Crippen LogP contribution in [0.3, 0.4) is 0 Å². The number of carbonyl (C=O) groups excluding carboxylic acids is 2. The number of anilines is 2. The average Bonchev–Trinajstić information content (AvgIpc) is 3.02. The zero-order valence-corrected chi connectivity index (χ0v) is 25.8. The minimum atomic E-state index is -0.533. The number of nitrogens with one attached hydrogen (secondary N) is 2. The van der Waals surface area contributed by atoms with E-state index in [1.165, 1.54) is 34.6 Å². The second-order valence-electron chi connectivity index (χ2n) is 11.1. The number of fused-ring (bicyclic) bond motifs is 2. The van der Waals surface area contributed by atoms with E-state index >= 15 is 0 Å². The molecule has 0 aliphatic carbocycles. The topological polar surface area (TPSA) is 64.7 Å². The highest BCUT2D eigenvalue weighted by Crippen LogP contribution is 2.47. The number of likely N-dealkylation sites (tertiary alicyclic amines) is 1. The molecule has 0 unspecified atom stereocenters. The summed E-state index contributed by atoms with van der Waals surface area (Å²) < 4.78 is 0. The zero-order valence-electron chi connectivity index (χ0n) is 24.2. The molecule has 2 aliphatic rings. The highest BCUT2D eigenvalue weighted by molar-refractivity contribution is 7.99. The first-order valence-corrected chi connectivity index (χ1v) is 16.4. The first kappa shape index (κ1) is 30.5. The highest BCUT2D eigenvalue weighted by atomic mass is 35.5. The number of hydrogen-bond donors (Lipinski definition) is 2. The summed E-state index contributed by atoms with van der Waals surface area (Å²) in [4.78, 5) is 33.6. The Morgan fingerprint density at radius 3 is 2.19 bits per heavy atom. The molecule has 3 aromatic carbocycles. The Morgan fingerprint density at radius 2 is 1.50 bits per heavy atom. The van der Waals surface area contributed by atoms with E-state index in [4.69, 9.17) is 11.6 Å². The third kappa shape index (κ3) is 8.52. The molecule has 2 N–H and O–H groups in total. The smallest absolute Gasteiger partial charge is 0.242 e. The fraction of sp³-hybridized carbons (Fsp3) is 0.412. The highest BCUT2D eigenvalue weighted by Gasteiger charge is 2.25. The van der Waals surface area contributed by atoms with Crippen molar-refractivity contribution < 1.29 is 9.59 Å². The van der Waals surface area contributed by atoms with Crippen molar-refractivity contribution in [2.24, 2.45) is 0 Å². The number of benzene rings is 3. The SMILES string of the molecule is O=C(CCN1c2ccccc2Sc2ccccc21)N[C@@H](CCCN1CCCCC1)C(=O)NCCCc1ccc(Cl)cc1. The van der Waals surface area contributed by atoms with Gasteiger partial charge in [0.25, 0.3) is 0 Å². The van der Waals surface area contributed by atoms with Crippen LogP contribution in [0.5, 0.6) is 0 Å². The molecule has 1 atom stereocenters. The molecule has 1 saturated heterocycles. The Labute approximate surface area is 259 Å². The largest absolute Gasteiger partial charge is 0.354 e. The molecule has 0 bridgehead atoms. The maximum absolute atomic E-state index is 13.3. The first-order chi connectivity index (χ1) is 20.6. The standard InChI is InChI=1S/C34H41ClN4O2S/c35-27-18-16-26(17-19-27)10-8-21-36-34(41)28(11-9-24-38-22-6-1-7-23-38)37-33(40)20-25-39-29-12-2-4-14-31(29)42-32-15-5-3-13-30(32)39/h2-5,12-19,28H,1,6-11,20-25H2,(H,36,41)(H,37,40)/t28-/m0/s1. The molecule has 8 heteroatoms. The lowest BCUT2D eigenvalue weighted by Gasteiger charge is -2.32. The Balaban J connectivity index is 1.16. The molecule has 5 rings (SSSR count). The summed E-state index contributed by atoms with van der Waals surface area (Å²) in [6.07, 6.45) is 7.31. The van der Waals surface area contributed by atoms with Crippen LogP contribution >= 0.6 is 23.4 Å². The number of piperidine rings is 1. The maximum atomic E-state index is 13.3. The van der Waals surface area contributed by atoms with Crippen LogP contribution in [0.2, 0.25) is 5.02 Å². The van der Waals surface area contributed by atoms with Gasteiger partial charge in [0.2, 0.25) is 11.8 Å². The Morgan fingerprint density at radius 1 is 0.833 bits per heavy atom. The summed E-state index contributed by atoms with van der Waals surface area (Å²) in [5.74, 6) is -0.189. The van der Waals surface area contributed by atoms with Crippen LogP contribution in [0.25, 0.3) is 0 Å². The molecule has 2 heterocycles. The van der Waals surface area contributed by atoms with Crippen LogP contribution in [-0.2, 0) is 16.0 Å². The normalized spacial score (nSPS) is 15.4. The van der Waals surface area contributed by atoms with E-state index in [2.05, 4.69) is 44.7 Å². The first-order valence-electron chi connectivity index (χ1n) is 15.2. The van der Waals surface area contributed by atoms with Crippen LogP contribution in [0.1, 0.15) is 50.5 Å². The quantitative estimate of drug-likeness (QED) is 0.209. The lowest BCUT2D eigenvalue weighted by Crippen LogP contribution is -2.48. The summed E-state index contributed by atoms with van der Waals surface area (Å²) in [5.41, 5.74) is 3.43. The van der Waals surface area contributed by atoms with E-state index in [1.54, 1.807) is 11.8 Å². The molecule has 2 aliphatic heterocycles.